The van der Waals surface area contributed by atoms with Crippen molar-refractivity contribution in [2.24, 2.45) is 11.7 Å². The van der Waals surface area contributed by atoms with Gasteiger partial charge in [-0.15, -0.1) is 0 Å². The predicted octanol–water partition coefficient (Wildman–Crippen LogP) is 0.962. The number of amides is 1. The van der Waals surface area contributed by atoms with Crippen LogP contribution in [0.15, 0.2) is 0 Å². The highest BCUT2D eigenvalue weighted by molar-refractivity contribution is 5.78. The van der Waals surface area contributed by atoms with E-state index in [0.29, 0.717) is 6.54 Å². The minimum atomic E-state index is -0.0318. The van der Waals surface area contributed by atoms with Gasteiger partial charge in [-0.3, -0.25) is 4.79 Å². The minimum absolute atomic E-state index is 0.0318. The van der Waals surface area contributed by atoms with Crippen molar-refractivity contribution in [3.63, 3.8) is 0 Å². The van der Waals surface area contributed by atoms with E-state index in [1.807, 2.05) is 6.92 Å². The zero-order chi connectivity index (χ0) is 12.9. The number of nitrogens with two attached hydrogens (primary N) is 1. The molecule has 4 heteroatoms. The maximum atomic E-state index is 11.9. The highest BCUT2D eigenvalue weighted by atomic mass is 16.1. The standard InChI is InChI=1S/C13H27N3O/c1-4-11(9-14)12(17)15-10-13(16(2)3)7-5-6-8-13/h11H,4-10,14H2,1-3H3,(H,15,17). The van der Waals surface area contributed by atoms with Crippen molar-refractivity contribution in [3.05, 3.63) is 0 Å². The van der Waals surface area contributed by atoms with Gasteiger partial charge in [0.1, 0.15) is 0 Å². The molecule has 0 heterocycles. The van der Waals surface area contributed by atoms with Gasteiger partial charge in [-0.1, -0.05) is 19.8 Å². The second kappa shape index (κ2) is 6.36. The average Bonchev–Trinajstić information content (AvgIpc) is 2.78. The first-order chi connectivity index (χ1) is 8.05. The molecule has 1 atom stereocenters. The maximum Gasteiger partial charge on any atom is 0.224 e. The van der Waals surface area contributed by atoms with Crippen LogP contribution in [-0.2, 0) is 4.79 Å². The summed E-state index contributed by atoms with van der Waals surface area (Å²) in [5.41, 5.74) is 5.76. The van der Waals surface area contributed by atoms with E-state index in [1.165, 1.54) is 25.7 Å². The number of likely N-dealkylation sites (N-methyl/N-ethyl adjacent to an activating group) is 1. The van der Waals surface area contributed by atoms with Gasteiger partial charge in [-0.25, -0.2) is 0 Å². The van der Waals surface area contributed by atoms with Gasteiger partial charge in [0.25, 0.3) is 0 Å². The van der Waals surface area contributed by atoms with E-state index >= 15 is 0 Å². The number of hydrogen-bond acceptors (Lipinski definition) is 3. The Kier molecular flexibility index (Phi) is 5.40. The van der Waals surface area contributed by atoms with E-state index in [2.05, 4.69) is 24.3 Å². The van der Waals surface area contributed by atoms with Crippen molar-refractivity contribution in [2.75, 3.05) is 27.2 Å². The van der Waals surface area contributed by atoms with E-state index in [4.69, 9.17) is 5.73 Å². The second-order valence-electron chi connectivity index (χ2n) is 5.38. The Bertz CT molecular complexity index is 243. The Morgan fingerprint density at radius 1 is 1.41 bits per heavy atom. The number of carbonyl (C=O) groups is 1. The van der Waals surface area contributed by atoms with Crippen molar-refractivity contribution in [1.82, 2.24) is 10.2 Å². The van der Waals surface area contributed by atoms with Gasteiger partial charge in [0.2, 0.25) is 5.91 Å². The van der Waals surface area contributed by atoms with Gasteiger partial charge in [0.05, 0.1) is 0 Å². The molecule has 17 heavy (non-hydrogen) atoms. The number of nitrogens with one attached hydrogen (secondary N) is 1. The fourth-order valence-corrected chi connectivity index (χ4v) is 2.67. The van der Waals surface area contributed by atoms with Crippen LogP contribution in [0.1, 0.15) is 39.0 Å². The normalized spacial score (nSPS) is 20.5. The zero-order valence-electron chi connectivity index (χ0n) is 11.5. The third kappa shape index (κ3) is 3.42. The molecule has 0 aromatic carbocycles. The summed E-state index contributed by atoms with van der Waals surface area (Å²) in [6, 6.07) is 0. The average molecular weight is 241 g/mol. The van der Waals surface area contributed by atoms with Crippen molar-refractivity contribution in [1.29, 1.82) is 0 Å². The van der Waals surface area contributed by atoms with Crippen molar-refractivity contribution in [2.45, 2.75) is 44.6 Å². The molecular formula is C13H27N3O. The molecule has 0 spiro atoms. The van der Waals surface area contributed by atoms with Crippen LogP contribution < -0.4 is 11.1 Å². The predicted molar refractivity (Wildman–Crippen MR) is 70.7 cm³/mol. The fourth-order valence-electron chi connectivity index (χ4n) is 2.67. The molecule has 0 bridgehead atoms. The highest BCUT2D eigenvalue weighted by Crippen LogP contribution is 2.33. The summed E-state index contributed by atoms with van der Waals surface area (Å²) in [7, 11) is 4.22. The summed E-state index contributed by atoms with van der Waals surface area (Å²) in [4.78, 5) is 14.2. The van der Waals surface area contributed by atoms with E-state index in [1.54, 1.807) is 0 Å². The molecule has 1 saturated carbocycles. The summed E-state index contributed by atoms with van der Waals surface area (Å²) >= 11 is 0. The first-order valence-corrected chi connectivity index (χ1v) is 6.71. The molecule has 4 nitrogen and oxygen atoms in total. The molecule has 1 aliphatic carbocycles. The van der Waals surface area contributed by atoms with Crippen molar-refractivity contribution >= 4 is 5.91 Å². The number of nitrogens with zero attached hydrogens (tertiary/aromatic N) is 1. The lowest BCUT2D eigenvalue weighted by atomic mass is 9.95. The number of rotatable bonds is 6. The van der Waals surface area contributed by atoms with Crippen molar-refractivity contribution in [3.8, 4) is 0 Å². The van der Waals surface area contributed by atoms with Crippen LogP contribution in [0, 0.1) is 5.92 Å². The summed E-state index contributed by atoms with van der Waals surface area (Å²) in [6.45, 7) is 3.21. The summed E-state index contributed by atoms with van der Waals surface area (Å²) < 4.78 is 0. The first-order valence-electron chi connectivity index (χ1n) is 6.71. The quantitative estimate of drug-likeness (QED) is 0.728. The van der Waals surface area contributed by atoms with Crippen LogP contribution >= 0.6 is 0 Å². The van der Waals surface area contributed by atoms with Crippen LogP contribution in [0.2, 0.25) is 0 Å². The Morgan fingerprint density at radius 3 is 2.41 bits per heavy atom. The fraction of sp³-hybridized carbons (Fsp3) is 0.923. The molecular weight excluding hydrogens is 214 g/mol. The van der Waals surface area contributed by atoms with E-state index in [9.17, 15) is 4.79 Å². The molecule has 1 amide bonds. The van der Waals surface area contributed by atoms with Crippen LogP contribution in [0.3, 0.4) is 0 Å². The van der Waals surface area contributed by atoms with Gasteiger partial charge in [-0.2, -0.15) is 0 Å². The summed E-state index contributed by atoms with van der Waals surface area (Å²) in [6.07, 6.45) is 5.71. The van der Waals surface area contributed by atoms with E-state index < -0.39 is 0 Å². The lowest BCUT2D eigenvalue weighted by Crippen LogP contribution is -2.52. The van der Waals surface area contributed by atoms with Gasteiger partial charge in [0.15, 0.2) is 0 Å². The monoisotopic (exact) mass is 241 g/mol. The Morgan fingerprint density at radius 2 is 2.00 bits per heavy atom. The third-order valence-corrected chi connectivity index (χ3v) is 4.22. The molecule has 100 valence electrons. The zero-order valence-corrected chi connectivity index (χ0v) is 11.5. The van der Waals surface area contributed by atoms with E-state index in [0.717, 1.165) is 13.0 Å². The van der Waals surface area contributed by atoms with Crippen LogP contribution in [0.4, 0.5) is 0 Å². The summed E-state index contributed by atoms with van der Waals surface area (Å²) in [5.74, 6) is 0.0822. The minimum Gasteiger partial charge on any atom is -0.354 e. The molecule has 0 aromatic heterocycles. The van der Waals surface area contributed by atoms with Gasteiger partial charge < -0.3 is 16.0 Å². The van der Waals surface area contributed by atoms with Crippen LogP contribution in [-0.4, -0.2) is 43.5 Å². The molecule has 1 unspecified atom stereocenters. The van der Waals surface area contributed by atoms with Gasteiger partial charge in [0, 0.05) is 24.5 Å². The highest BCUT2D eigenvalue weighted by Gasteiger charge is 2.36. The lowest BCUT2D eigenvalue weighted by Gasteiger charge is -2.36. The molecule has 0 aromatic rings. The van der Waals surface area contributed by atoms with Gasteiger partial charge >= 0.3 is 0 Å². The molecule has 0 aliphatic heterocycles. The second-order valence-corrected chi connectivity index (χ2v) is 5.38. The van der Waals surface area contributed by atoms with Gasteiger partial charge in [-0.05, 0) is 33.4 Å². The Balaban J connectivity index is 2.50. The third-order valence-electron chi connectivity index (χ3n) is 4.22. The molecule has 1 fully saturated rings. The molecule has 1 rings (SSSR count). The smallest absolute Gasteiger partial charge is 0.224 e. The van der Waals surface area contributed by atoms with Crippen LogP contribution in [0.5, 0.6) is 0 Å². The molecule has 3 N–H and O–H groups in total. The Labute approximate surface area is 105 Å². The van der Waals surface area contributed by atoms with Crippen LogP contribution in [0.25, 0.3) is 0 Å². The largest absolute Gasteiger partial charge is 0.354 e. The SMILES string of the molecule is CCC(CN)C(=O)NCC1(N(C)C)CCCC1. The molecule has 0 radical (unpaired) electrons. The number of carbonyl (C=O) groups excluding carboxylic acids is 1. The lowest BCUT2D eigenvalue weighted by molar-refractivity contribution is -0.125. The first kappa shape index (κ1) is 14.5. The topological polar surface area (TPSA) is 58.4 Å². The molecule has 1 aliphatic rings. The number of hydrogen-bond donors (Lipinski definition) is 2. The Hall–Kier alpha value is -0.610. The molecule has 0 saturated heterocycles. The summed E-state index contributed by atoms with van der Waals surface area (Å²) in [5, 5.41) is 3.09. The van der Waals surface area contributed by atoms with E-state index in [-0.39, 0.29) is 17.4 Å². The van der Waals surface area contributed by atoms with Crippen molar-refractivity contribution < 1.29 is 4.79 Å². The maximum absolute atomic E-state index is 11.9.